The number of methoxy groups -OCH3 is 2. The Labute approximate surface area is 125 Å². The zero-order valence-corrected chi connectivity index (χ0v) is 12.7. The Kier molecular flexibility index (Phi) is 4.37. The third-order valence-electron chi connectivity index (χ3n) is 3.09. The molecule has 2 rings (SSSR count). The van der Waals surface area contributed by atoms with Gasteiger partial charge < -0.3 is 9.47 Å². The van der Waals surface area contributed by atoms with Gasteiger partial charge in [-0.05, 0) is 6.42 Å². The van der Waals surface area contributed by atoms with E-state index in [1.54, 1.807) is 25.1 Å². The molecule has 0 fully saturated rings. The summed E-state index contributed by atoms with van der Waals surface area (Å²) in [6.45, 7) is 1.79. The van der Waals surface area contributed by atoms with Gasteiger partial charge in [-0.25, -0.2) is 9.36 Å². The Hall–Kier alpha value is -2.21. The fourth-order valence-electron chi connectivity index (χ4n) is 2.01. The number of H-pyrrole nitrogens is 1. The zero-order chi connectivity index (χ0) is 15.6. The molecule has 7 heteroatoms. The lowest BCUT2D eigenvalue weighted by molar-refractivity contribution is 0.394. The van der Waals surface area contributed by atoms with Crippen molar-refractivity contribution in [1.29, 1.82) is 0 Å². The van der Waals surface area contributed by atoms with E-state index in [0.717, 1.165) is 4.57 Å². The Morgan fingerprint density at radius 2 is 1.71 bits per heavy atom. The second-order valence-corrected chi connectivity index (χ2v) is 4.67. The first kappa shape index (κ1) is 15.2. The molecule has 0 aliphatic rings. The molecule has 0 unspecified atom stereocenters. The minimum Gasteiger partial charge on any atom is -0.497 e. The molecule has 0 spiro atoms. The molecule has 0 bridgehead atoms. The van der Waals surface area contributed by atoms with Gasteiger partial charge in [0.05, 0.1) is 25.5 Å². The van der Waals surface area contributed by atoms with E-state index < -0.39 is 11.2 Å². The second-order valence-electron chi connectivity index (χ2n) is 4.29. The number of benzene rings is 1. The topological polar surface area (TPSA) is 73.3 Å². The summed E-state index contributed by atoms with van der Waals surface area (Å²) in [5.74, 6) is 0.951. The third-order valence-corrected chi connectivity index (χ3v) is 3.42. The van der Waals surface area contributed by atoms with Crippen LogP contribution in [0.2, 0.25) is 5.15 Å². The van der Waals surface area contributed by atoms with Crippen molar-refractivity contribution < 1.29 is 9.47 Å². The van der Waals surface area contributed by atoms with E-state index in [2.05, 4.69) is 4.98 Å². The highest BCUT2D eigenvalue weighted by Gasteiger charge is 2.14. The summed E-state index contributed by atoms with van der Waals surface area (Å²) < 4.78 is 11.3. The average molecular weight is 311 g/mol. The number of rotatable bonds is 4. The van der Waals surface area contributed by atoms with Crippen molar-refractivity contribution in [2.24, 2.45) is 0 Å². The molecule has 1 aromatic heterocycles. The lowest BCUT2D eigenvalue weighted by atomic mass is 10.2. The van der Waals surface area contributed by atoms with E-state index in [1.165, 1.54) is 14.2 Å². The number of hydrogen-bond acceptors (Lipinski definition) is 4. The minimum atomic E-state index is -0.613. The predicted octanol–water partition coefficient (Wildman–Crippen LogP) is 1.76. The molecule has 2 aromatic rings. The van der Waals surface area contributed by atoms with Crippen molar-refractivity contribution in [3.63, 3.8) is 0 Å². The number of aromatic nitrogens is 2. The Morgan fingerprint density at radius 1 is 1.14 bits per heavy atom. The van der Waals surface area contributed by atoms with Crippen LogP contribution in [0, 0.1) is 0 Å². The van der Waals surface area contributed by atoms with Crippen LogP contribution in [0.15, 0.2) is 27.8 Å². The largest absolute Gasteiger partial charge is 0.497 e. The molecule has 0 saturated carbocycles. The van der Waals surface area contributed by atoms with Gasteiger partial charge in [-0.15, -0.1) is 0 Å². The van der Waals surface area contributed by atoms with E-state index in [1.807, 2.05) is 0 Å². The number of aromatic amines is 1. The van der Waals surface area contributed by atoms with E-state index in [4.69, 9.17) is 21.1 Å². The van der Waals surface area contributed by atoms with Crippen LogP contribution in [0.5, 0.6) is 11.5 Å². The number of ether oxygens (including phenoxy) is 2. The van der Waals surface area contributed by atoms with Crippen molar-refractivity contribution in [3.8, 4) is 17.2 Å². The quantitative estimate of drug-likeness (QED) is 0.873. The molecule has 1 heterocycles. The van der Waals surface area contributed by atoms with Crippen LogP contribution >= 0.6 is 11.6 Å². The number of hydrogen-bond donors (Lipinski definition) is 1. The van der Waals surface area contributed by atoms with Crippen molar-refractivity contribution in [2.75, 3.05) is 14.2 Å². The molecule has 1 aromatic carbocycles. The van der Waals surface area contributed by atoms with E-state index >= 15 is 0 Å². The SMILES string of the molecule is CCc1c(Cl)[nH]c(=O)n(-c2cc(OC)cc(OC)c2)c1=O. The first-order valence-corrected chi connectivity index (χ1v) is 6.66. The Bertz CT molecular complexity index is 757. The summed E-state index contributed by atoms with van der Waals surface area (Å²) in [4.78, 5) is 27.0. The minimum absolute atomic E-state index is 0.0682. The van der Waals surface area contributed by atoms with Gasteiger partial charge in [-0.2, -0.15) is 0 Å². The fourth-order valence-corrected chi connectivity index (χ4v) is 2.30. The van der Waals surface area contributed by atoms with Crippen LogP contribution < -0.4 is 20.7 Å². The molecule has 112 valence electrons. The average Bonchev–Trinajstić information content (AvgIpc) is 2.46. The van der Waals surface area contributed by atoms with Gasteiger partial charge in [-0.1, -0.05) is 18.5 Å². The van der Waals surface area contributed by atoms with Gasteiger partial charge in [0.2, 0.25) is 0 Å². The maximum Gasteiger partial charge on any atom is 0.334 e. The predicted molar refractivity (Wildman–Crippen MR) is 80.2 cm³/mol. The smallest absolute Gasteiger partial charge is 0.334 e. The highest BCUT2D eigenvalue weighted by atomic mass is 35.5. The molecule has 6 nitrogen and oxygen atoms in total. The zero-order valence-electron chi connectivity index (χ0n) is 11.9. The van der Waals surface area contributed by atoms with Crippen molar-refractivity contribution in [1.82, 2.24) is 9.55 Å². The third kappa shape index (κ3) is 2.80. The van der Waals surface area contributed by atoms with Crippen molar-refractivity contribution in [2.45, 2.75) is 13.3 Å². The number of halogens is 1. The Morgan fingerprint density at radius 3 is 2.19 bits per heavy atom. The summed E-state index contributed by atoms with van der Waals surface area (Å²) >= 11 is 5.89. The first-order chi connectivity index (χ1) is 10.0. The second kappa shape index (κ2) is 6.05. The van der Waals surface area contributed by atoms with E-state index in [0.29, 0.717) is 29.2 Å². The molecule has 0 saturated heterocycles. The summed E-state index contributed by atoms with van der Waals surface area (Å²) in [7, 11) is 2.98. The van der Waals surface area contributed by atoms with Gasteiger partial charge in [0.1, 0.15) is 16.7 Å². The van der Waals surface area contributed by atoms with Crippen LogP contribution in [0.3, 0.4) is 0 Å². The van der Waals surface area contributed by atoms with Gasteiger partial charge in [-0.3, -0.25) is 9.78 Å². The molecule has 0 amide bonds. The summed E-state index contributed by atoms with van der Waals surface area (Å²) in [6, 6.07) is 4.80. The van der Waals surface area contributed by atoms with Crippen molar-refractivity contribution in [3.05, 3.63) is 49.8 Å². The van der Waals surface area contributed by atoms with E-state index in [9.17, 15) is 9.59 Å². The highest BCUT2D eigenvalue weighted by Crippen LogP contribution is 2.23. The number of nitrogens with one attached hydrogen (secondary N) is 1. The molecule has 0 atom stereocenters. The van der Waals surface area contributed by atoms with Crippen LogP contribution in [0.1, 0.15) is 12.5 Å². The Balaban J connectivity index is 2.78. The van der Waals surface area contributed by atoms with Crippen LogP contribution in [-0.2, 0) is 6.42 Å². The lowest BCUT2D eigenvalue weighted by Gasteiger charge is -2.11. The number of nitrogens with zero attached hydrogens (tertiary/aromatic N) is 1. The van der Waals surface area contributed by atoms with Gasteiger partial charge in [0.15, 0.2) is 0 Å². The standard InChI is InChI=1S/C14H15ClN2O4/c1-4-11-12(15)16-14(19)17(13(11)18)8-5-9(20-2)7-10(6-8)21-3/h5-7H,4H2,1-3H3,(H,16,19). The summed E-state index contributed by atoms with van der Waals surface area (Å²) in [5, 5.41) is 0.0682. The summed E-state index contributed by atoms with van der Waals surface area (Å²) in [5.41, 5.74) is -0.374. The van der Waals surface area contributed by atoms with Gasteiger partial charge in [0.25, 0.3) is 5.56 Å². The monoisotopic (exact) mass is 310 g/mol. The van der Waals surface area contributed by atoms with Gasteiger partial charge >= 0.3 is 5.69 Å². The molecular weight excluding hydrogens is 296 g/mol. The molecule has 0 aliphatic heterocycles. The normalized spacial score (nSPS) is 10.5. The van der Waals surface area contributed by atoms with Crippen LogP contribution in [-0.4, -0.2) is 23.8 Å². The maximum absolute atomic E-state index is 12.4. The van der Waals surface area contributed by atoms with Crippen molar-refractivity contribution >= 4 is 11.6 Å². The van der Waals surface area contributed by atoms with E-state index in [-0.39, 0.29) is 5.15 Å². The highest BCUT2D eigenvalue weighted by molar-refractivity contribution is 6.30. The molecule has 1 N–H and O–H groups in total. The molecule has 0 radical (unpaired) electrons. The molecular formula is C14H15ClN2O4. The molecule has 0 aliphatic carbocycles. The van der Waals surface area contributed by atoms with Crippen LogP contribution in [0.4, 0.5) is 0 Å². The van der Waals surface area contributed by atoms with Crippen LogP contribution in [0.25, 0.3) is 5.69 Å². The summed E-state index contributed by atoms with van der Waals surface area (Å²) in [6.07, 6.45) is 0.412. The maximum atomic E-state index is 12.4. The van der Waals surface area contributed by atoms with Gasteiger partial charge in [0, 0.05) is 18.2 Å². The first-order valence-electron chi connectivity index (χ1n) is 6.29. The lowest BCUT2D eigenvalue weighted by Crippen LogP contribution is -2.36. The fraction of sp³-hybridized carbons (Fsp3) is 0.286. The molecule has 21 heavy (non-hydrogen) atoms.